The Labute approximate surface area is 62.1 Å². The van der Waals surface area contributed by atoms with Crippen LogP contribution in [0.3, 0.4) is 0 Å². The third-order valence-electron chi connectivity index (χ3n) is 1.86. The maximum atomic E-state index is 3.75. The van der Waals surface area contributed by atoms with Crippen LogP contribution in [0.15, 0.2) is 36.6 Å². The highest BCUT2D eigenvalue weighted by Gasteiger charge is 2.15. The smallest absolute Gasteiger partial charge is 0.0370 e. The highest BCUT2D eigenvalue weighted by molar-refractivity contribution is 5.35. The summed E-state index contributed by atoms with van der Waals surface area (Å²) in [5.74, 6) is 0.588. The summed E-state index contributed by atoms with van der Waals surface area (Å²) in [4.78, 5) is 0. The third-order valence-corrected chi connectivity index (χ3v) is 1.86. The van der Waals surface area contributed by atoms with Crippen molar-refractivity contribution in [2.75, 3.05) is 6.54 Å². The lowest BCUT2D eigenvalue weighted by atomic mass is 10.0. The molecule has 0 aromatic rings. The van der Waals surface area contributed by atoms with E-state index < -0.39 is 0 Å². The Hall–Kier alpha value is -0.980. The van der Waals surface area contributed by atoms with E-state index in [2.05, 4.69) is 25.4 Å². The van der Waals surface area contributed by atoms with E-state index in [-0.39, 0.29) is 0 Å². The van der Waals surface area contributed by atoms with E-state index in [9.17, 15) is 0 Å². The number of rotatable bonds is 2. The molecule has 1 aliphatic rings. The minimum atomic E-state index is 0.588. The predicted molar refractivity (Wildman–Crippen MR) is 44.6 cm³/mol. The second-order valence-corrected chi connectivity index (χ2v) is 2.56. The summed E-state index contributed by atoms with van der Waals surface area (Å²) < 4.78 is 0. The molecule has 1 rings (SSSR count). The summed E-state index contributed by atoms with van der Waals surface area (Å²) in [5.41, 5.74) is 2.43. The van der Waals surface area contributed by atoms with Gasteiger partial charge >= 0.3 is 0 Å². The third kappa shape index (κ3) is 0.991. The van der Waals surface area contributed by atoms with E-state index in [4.69, 9.17) is 0 Å². The second kappa shape index (κ2) is 2.74. The van der Waals surface area contributed by atoms with Gasteiger partial charge in [-0.1, -0.05) is 26.2 Å². The molecule has 10 heavy (non-hydrogen) atoms. The molecule has 0 amide bonds. The lowest BCUT2D eigenvalue weighted by Crippen LogP contribution is -2.08. The average molecular weight is 135 g/mol. The molecule has 1 atom stereocenters. The van der Waals surface area contributed by atoms with Crippen molar-refractivity contribution in [2.24, 2.45) is 5.92 Å². The van der Waals surface area contributed by atoms with Gasteiger partial charge in [0.2, 0.25) is 0 Å². The fourth-order valence-electron chi connectivity index (χ4n) is 1.24. The van der Waals surface area contributed by atoms with Crippen LogP contribution < -0.4 is 5.32 Å². The first kappa shape index (κ1) is 7.13. The Morgan fingerprint density at radius 1 is 1.50 bits per heavy atom. The fourth-order valence-corrected chi connectivity index (χ4v) is 1.24. The Kier molecular flexibility index (Phi) is 1.95. The molecule has 0 saturated heterocycles. The Morgan fingerprint density at radius 2 is 2.20 bits per heavy atom. The lowest BCUT2D eigenvalue weighted by molar-refractivity contribution is 0.703. The monoisotopic (exact) mass is 135 g/mol. The summed E-state index contributed by atoms with van der Waals surface area (Å²) >= 11 is 0. The molecule has 0 saturated carbocycles. The highest BCUT2D eigenvalue weighted by Crippen LogP contribution is 2.20. The van der Waals surface area contributed by atoms with Crippen LogP contribution in [0, 0.1) is 5.92 Å². The first-order valence-corrected chi connectivity index (χ1v) is 3.52. The molecule has 0 aliphatic carbocycles. The summed E-state index contributed by atoms with van der Waals surface area (Å²) in [6.45, 7) is 10.7. The molecule has 54 valence electrons. The van der Waals surface area contributed by atoms with Crippen molar-refractivity contribution in [2.45, 2.75) is 6.92 Å². The Morgan fingerprint density at radius 3 is 2.60 bits per heavy atom. The minimum absolute atomic E-state index is 0.588. The molecule has 0 fully saturated rings. The normalized spacial score (nSPS) is 24.3. The van der Waals surface area contributed by atoms with Crippen molar-refractivity contribution >= 4 is 0 Å². The van der Waals surface area contributed by atoms with E-state index in [1.54, 1.807) is 0 Å². The summed E-state index contributed by atoms with van der Waals surface area (Å²) in [5, 5.41) is 3.25. The number of hydrogen-bond donors (Lipinski definition) is 1. The number of allylic oxidation sites excluding steroid dienone is 2. The van der Waals surface area contributed by atoms with Crippen LogP contribution in [-0.2, 0) is 0 Å². The zero-order chi connectivity index (χ0) is 7.56. The van der Waals surface area contributed by atoms with Gasteiger partial charge in [-0.3, -0.25) is 0 Å². The van der Waals surface area contributed by atoms with Crippen molar-refractivity contribution in [1.82, 2.24) is 5.32 Å². The maximum Gasteiger partial charge on any atom is 0.0370 e. The summed E-state index contributed by atoms with van der Waals surface area (Å²) in [6, 6.07) is 0. The minimum Gasteiger partial charge on any atom is -0.384 e. The summed E-state index contributed by atoms with van der Waals surface area (Å²) in [6.07, 6.45) is 3.75. The van der Waals surface area contributed by atoms with Crippen molar-refractivity contribution in [3.8, 4) is 0 Å². The zero-order valence-electron chi connectivity index (χ0n) is 6.35. The van der Waals surface area contributed by atoms with E-state index in [1.807, 2.05) is 12.2 Å². The van der Waals surface area contributed by atoms with Crippen LogP contribution in [0.2, 0.25) is 0 Å². The van der Waals surface area contributed by atoms with Crippen LogP contribution in [0.1, 0.15) is 6.92 Å². The first-order chi connectivity index (χ1) is 4.79. The van der Waals surface area contributed by atoms with Crippen LogP contribution in [-0.4, -0.2) is 6.54 Å². The largest absolute Gasteiger partial charge is 0.384 e. The molecule has 1 heterocycles. The molecule has 0 aromatic heterocycles. The van der Waals surface area contributed by atoms with Gasteiger partial charge in [-0.15, -0.1) is 0 Å². The van der Waals surface area contributed by atoms with Gasteiger partial charge in [0.15, 0.2) is 0 Å². The number of nitrogens with one attached hydrogen (secondary N) is 1. The van der Waals surface area contributed by atoms with E-state index >= 15 is 0 Å². The standard InChI is InChI=1S/C9H13N/c1-4-8-7(3)6-10-9(8)5-2/h4-5,7,10H,1-2,6H2,3H3. The molecule has 1 unspecified atom stereocenters. The SMILES string of the molecule is C=CC1=C(C=C)C(C)CN1. The molecular weight excluding hydrogens is 122 g/mol. The predicted octanol–water partition coefficient (Wildman–Crippen LogP) is 1.85. The molecule has 0 radical (unpaired) electrons. The van der Waals surface area contributed by atoms with Crippen LogP contribution in [0.5, 0.6) is 0 Å². The van der Waals surface area contributed by atoms with Gasteiger partial charge in [-0.25, -0.2) is 0 Å². The molecular formula is C9H13N. The first-order valence-electron chi connectivity index (χ1n) is 3.52. The van der Waals surface area contributed by atoms with Crippen molar-refractivity contribution in [3.63, 3.8) is 0 Å². The van der Waals surface area contributed by atoms with Crippen LogP contribution >= 0.6 is 0 Å². The summed E-state index contributed by atoms with van der Waals surface area (Å²) in [7, 11) is 0. The van der Waals surface area contributed by atoms with Gasteiger partial charge < -0.3 is 5.32 Å². The lowest BCUT2D eigenvalue weighted by Gasteiger charge is -1.99. The molecule has 1 nitrogen and oxygen atoms in total. The van der Waals surface area contributed by atoms with E-state index in [1.165, 1.54) is 5.57 Å². The van der Waals surface area contributed by atoms with Gasteiger partial charge in [-0.05, 0) is 11.6 Å². The van der Waals surface area contributed by atoms with Crippen molar-refractivity contribution < 1.29 is 0 Å². The van der Waals surface area contributed by atoms with Crippen molar-refractivity contribution in [3.05, 3.63) is 36.6 Å². The molecule has 0 bridgehead atoms. The quantitative estimate of drug-likeness (QED) is 0.609. The van der Waals surface area contributed by atoms with Crippen LogP contribution in [0.25, 0.3) is 0 Å². The zero-order valence-corrected chi connectivity index (χ0v) is 6.35. The maximum absolute atomic E-state index is 3.75. The van der Waals surface area contributed by atoms with E-state index in [0.29, 0.717) is 5.92 Å². The Balaban J connectivity index is 2.91. The molecule has 0 aromatic carbocycles. The van der Waals surface area contributed by atoms with E-state index in [0.717, 1.165) is 12.2 Å². The van der Waals surface area contributed by atoms with Crippen LogP contribution in [0.4, 0.5) is 0 Å². The molecule has 1 heteroatoms. The van der Waals surface area contributed by atoms with Gasteiger partial charge in [-0.2, -0.15) is 0 Å². The topological polar surface area (TPSA) is 12.0 Å². The number of hydrogen-bond acceptors (Lipinski definition) is 1. The highest BCUT2D eigenvalue weighted by atomic mass is 14.9. The molecule has 1 aliphatic heterocycles. The molecule has 0 spiro atoms. The van der Waals surface area contributed by atoms with Gasteiger partial charge in [0.1, 0.15) is 0 Å². The van der Waals surface area contributed by atoms with Gasteiger partial charge in [0.25, 0.3) is 0 Å². The fraction of sp³-hybridized carbons (Fsp3) is 0.333. The van der Waals surface area contributed by atoms with Gasteiger partial charge in [0, 0.05) is 18.2 Å². The molecule has 1 N–H and O–H groups in total. The van der Waals surface area contributed by atoms with Crippen molar-refractivity contribution in [1.29, 1.82) is 0 Å². The van der Waals surface area contributed by atoms with Gasteiger partial charge in [0.05, 0.1) is 0 Å². The second-order valence-electron chi connectivity index (χ2n) is 2.56. The Bertz CT molecular complexity index is 189. The average Bonchev–Trinajstić information content (AvgIpc) is 2.30.